The fourth-order valence-corrected chi connectivity index (χ4v) is 1.93. The van der Waals surface area contributed by atoms with E-state index in [1.807, 2.05) is 24.1 Å². The molecule has 2 atom stereocenters. The van der Waals surface area contributed by atoms with E-state index in [-0.39, 0.29) is 17.9 Å². The van der Waals surface area contributed by atoms with Crippen LogP contribution in [0.25, 0.3) is 0 Å². The van der Waals surface area contributed by atoms with E-state index in [1.54, 1.807) is 12.1 Å². The number of rotatable bonds is 2. The number of hydrogen-bond donors (Lipinski definition) is 3. The summed E-state index contributed by atoms with van der Waals surface area (Å²) in [5.41, 5.74) is 1.00. The number of aliphatic hydroxyl groups is 1. The molecule has 1 aliphatic heterocycles. The van der Waals surface area contributed by atoms with Crippen LogP contribution < -0.4 is 10.2 Å². The summed E-state index contributed by atoms with van der Waals surface area (Å²) in [6.07, 6.45) is -0.330. The first-order valence-corrected chi connectivity index (χ1v) is 5.09. The van der Waals surface area contributed by atoms with Gasteiger partial charge < -0.3 is 20.4 Å². The molecule has 82 valence electrons. The van der Waals surface area contributed by atoms with Gasteiger partial charge in [0.25, 0.3) is 0 Å². The van der Waals surface area contributed by atoms with Crippen molar-refractivity contribution in [2.75, 3.05) is 25.0 Å². The molecule has 3 N–H and O–H groups in total. The molecule has 0 bridgehead atoms. The summed E-state index contributed by atoms with van der Waals surface area (Å²) in [5, 5.41) is 22.0. The number of hydrogen-bond acceptors (Lipinski definition) is 4. The fourth-order valence-electron chi connectivity index (χ4n) is 1.93. The van der Waals surface area contributed by atoms with Gasteiger partial charge in [-0.05, 0) is 24.3 Å². The summed E-state index contributed by atoms with van der Waals surface area (Å²) in [7, 11) is 1.95. The molecule has 1 saturated heterocycles. The summed E-state index contributed by atoms with van der Waals surface area (Å²) in [5.74, 6) is 0.261. The Labute approximate surface area is 89.1 Å². The van der Waals surface area contributed by atoms with E-state index in [9.17, 15) is 10.2 Å². The van der Waals surface area contributed by atoms with Crippen molar-refractivity contribution in [2.24, 2.45) is 0 Å². The highest BCUT2D eigenvalue weighted by Crippen LogP contribution is 2.21. The number of aromatic hydroxyl groups is 1. The second-order valence-electron chi connectivity index (χ2n) is 3.92. The lowest BCUT2D eigenvalue weighted by atomic mass is 10.1. The van der Waals surface area contributed by atoms with Crippen LogP contribution in [-0.2, 0) is 0 Å². The third kappa shape index (κ3) is 2.06. The van der Waals surface area contributed by atoms with Gasteiger partial charge in [0.2, 0.25) is 0 Å². The quantitative estimate of drug-likeness (QED) is 0.648. The Balaban J connectivity index is 2.13. The van der Waals surface area contributed by atoms with Gasteiger partial charge >= 0.3 is 0 Å². The minimum atomic E-state index is -0.330. The van der Waals surface area contributed by atoms with Gasteiger partial charge in [0.1, 0.15) is 5.75 Å². The van der Waals surface area contributed by atoms with Crippen LogP contribution in [0.1, 0.15) is 0 Å². The highest BCUT2D eigenvalue weighted by molar-refractivity contribution is 5.49. The van der Waals surface area contributed by atoms with Gasteiger partial charge in [-0.1, -0.05) is 0 Å². The molecule has 0 aliphatic carbocycles. The molecule has 0 unspecified atom stereocenters. The van der Waals surface area contributed by atoms with Crippen LogP contribution in [0.3, 0.4) is 0 Å². The van der Waals surface area contributed by atoms with Gasteiger partial charge in [-0.25, -0.2) is 0 Å². The van der Waals surface area contributed by atoms with E-state index >= 15 is 0 Å². The average molecular weight is 208 g/mol. The molecule has 4 nitrogen and oxygen atoms in total. The first-order valence-electron chi connectivity index (χ1n) is 5.09. The van der Waals surface area contributed by atoms with Crippen LogP contribution in [0.5, 0.6) is 5.75 Å². The fraction of sp³-hybridized carbons (Fsp3) is 0.455. The molecular formula is C11H16N2O2. The first-order chi connectivity index (χ1) is 7.18. The molecule has 0 spiro atoms. The Kier molecular flexibility index (Phi) is 2.79. The van der Waals surface area contributed by atoms with E-state index in [0.717, 1.165) is 12.2 Å². The molecule has 1 fully saturated rings. The molecule has 4 heteroatoms. The topological polar surface area (TPSA) is 55.7 Å². The molecule has 1 aliphatic rings. The number of nitrogens with zero attached hydrogens (tertiary/aromatic N) is 1. The van der Waals surface area contributed by atoms with Crippen molar-refractivity contribution in [3.05, 3.63) is 24.3 Å². The smallest absolute Gasteiger partial charge is 0.115 e. The average Bonchev–Trinajstić information content (AvgIpc) is 2.65. The maximum atomic E-state index is 9.72. The minimum Gasteiger partial charge on any atom is -0.508 e. The Bertz CT molecular complexity index is 326. The monoisotopic (exact) mass is 208 g/mol. The normalized spacial score (nSPS) is 25.5. The van der Waals surface area contributed by atoms with Gasteiger partial charge in [-0.2, -0.15) is 0 Å². The SMILES string of the molecule is CN(c1ccc(O)cc1)[C@@H]1CNC[C@H]1O. The standard InChI is InChI=1S/C11H16N2O2/c1-13(10-6-12-7-11(10)15)8-2-4-9(14)5-3-8/h2-5,10-12,14-15H,6-7H2,1H3/t10-,11-/m1/s1. The Hall–Kier alpha value is -1.26. The third-order valence-corrected chi connectivity index (χ3v) is 2.91. The predicted molar refractivity (Wildman–Crippen MR) is 59.2 cm³/mol. The first kappa shape index (κ1) is 10.3. The van der Waals surface area contributed by atoms with Gasteiger partial charge in [-0.3, -0.25) is 0 Å². The maximum absolute atomic E-state index is 9.72. The van der Waals surface area contributed by atoms with Gasteiger partial charge in [0.15, 0.2) is 0 Å². The lowest BCUT2D eigenvalue weighted by molar-refractivity contribution is 0.177. The molecule has 2 rings (SSSR count). The maximum Gasteiger partial charge on any atom is 0.115 e. The zero-order valence-electron chi connectivity index (χ0n) is 8.72. The van der Waals surface area contributed by atoms with Gasteiger partial charge in [0, 0.05) is 25.8 Å². The van der Waals surface area contributed by atoms with E-state index in [2.05, 4.69) is 5.32 Å². The third-order valence-electron chi connectivity index (χ3n) is 2.91. The van der Waals surface area contributed by atoms with E-state index < -0.39 is 0 Å². The second kappa shape index (κ2) is 4.08. The Morgan fingerprint density at radius 2 is 1.93 bits per heavy atom. The number of benzene rings is 1. The van der Waals surface area contributed by atoms with Crippen LogP contribution in [0.2, 0.25) is 0 Å². The van der Waals surface area contributed by atoms with Crippen molar-refractivity contribution in [1.82, 2.24) is 5.32 Å². The molecule has 0 aromatic heterocycles. The highest BCUT2D eigenvalue weighted by Gasteiger charge is 2.28. The largest absolute Gasteiger partial charge is 0.508 e. The molecule has 15 heavy (non-hydrogen) atoms. The van der Waals surface area contributed by atoms with Crippen molar-refractivity contribution in [2.45, 2.75) is 12.1 Å². The van der Waals surface area contributed by atoms with Crippen molar-refractivity contribution in [1.29, 1.82) is 0 Å². The molecule has 0 amide bonds. The van der Waals surface area contributed by atoms with Crippen LogP contribution in [0.4, 0.5) is 5.69 Å². The summed E-state index contributed by atoms with van der Waals surface area (Å²) in [6, 6.07) is 7.11. The van der Waals surface area contributed by atoms with Crippen molar-refractivity contribution < 1.29 is 10.2 Å². The van der Waals surface area contributed by atoms with E-state index in [4.69, 9.17) is 0 Å². The zero-order valence-corrected chi connectivity index (χ0v) is 8.72. The molecule has 0 radical (unpaired) electrons. The number of anilines is 1. The van der Waals surface area contributed by atoms with Crippen molar-refractivity contribution >= 4 is 5.69 Å². The molecule has 1 aromatic carbocycles. The molecule has 1 aromatic rings. The molecule has 0 saturated carbocycles. The zero-order chi connectivity index (χ0) is 10.8. The molecule has 1 heterocycles. The number of phenolic OH excluding ortho intramolecular Hbond substituents is 1. The number of nitrogens with one attached hydrogen (secondary N) is 1. The van der Waals surface area contributed by atoms with Crippen LogP contribution in [0, 0.1) is 0 Å². The summed E-state index contributed by atoms with van der Waals surface area (Å²) >= 11 is 0. The van der Waals surface area contributed by atoms with Gasteiger partial charge in [-0.15, -0.1) is 0 Å². The predicted octanol–water partition coefficient (Wildman–Crippen LogP) is 0.161. The number of β-amino-alcohol motifs (C(OH)–C–C–N with tert-alkyl or cyclic N) is 1. The lowest BCUT2D eigenvalue weighted by Crippen LogP contribution is -2.40. The Morgan fingerprint density at radius 3 is 2.47 bits per heavy atom. The number of likely N-dealkylation sites (N-methyl/N-ethyl adjacent to an activating group) is 1. The molecular weight excluding hydrogens is 192 g/mol. The van der Waals surface area contributed by atoms with E-state index in [0.29, 0.717) is 6.54 Å². The summed E-state index contributed by atoms with van der Waals surface area (Å²) in [6.45, 7) is 1.44. The van der Waals surface area contributed by atoms with Crippen LogP contribution >= 0.6 is 0 Å². The minimum absolute atomic E-state index is 0.106. The van der Waals surface area contributed by atoms with Crippen LogP contribution in [-0.4, -0.2) is 42.5 Å². The Morgan fingerprint density at radius 1 is 1.27 bits per heavy atom. The summed E-state index contributed by atoms with van der Waals surface area (Å²) < 4.78 is 0. The number of aliphatic hydroxyl groups excluding tert-OH is 1. The second-order valence-corrected chi connectivity index (χ2v) is 3.92. The van der Waals surface area contributed by atoms with Gasteiger partial charge in [0.05, 0.1) is 12.1 Å². The van der Waals surface area contributed by atoms with Crippen LogP contribution in [0.15, 0.2) is 24.3 Å². The highest BCUT2D eigenvalue weighted by atomic mass is 16.3. The lowest BCUT2D eigenvalue weighted by Gasteiger charge is -2.28. The summed E-state index contributed by atoms with van der Waals surface area (Å²) in [4.78, 5) is 2.03. The van der Waals surface area contributed by atoms with Crippen molar-refractivity contribution in [3.63, 3.8) is 0 Å². The van der Waals surface area contributed by atoms with E-state index in [1.165, 1.54) is 0 Å². The number of phenols is 1. The van der Waals surface area contributed by atoms with Crippen molar-refractivity contribution in [3.8, 4) is 5.75 Å².